The topological polar surface area (TPSA) is 51.2 Å². The number of ether oxygens (including phenoxy) is 1. The molecule has 1 aromatic heterocycles. The molecule has 0 bridgehead atoms. The van der Waals surface area contributed by atoms with Gasteiger partial charge in [0, 0.05) is 34.4 Å². The Morgan fingerprint density at radius 1 is 1.26 bits per heavy atom. The summed E-state index contributed by atoms with van der Waals surface area (Å²) < 4.78 is 5.30. The Kier molecular flexibility index (Phi) is 4.17. The van der Waals surface area contributed by atoms with E-state index in [4.69, 9.17) is 16.3 Å². The lowest BCUT2D eigenvalue weighted by atomic mass is 10.1. The van der Waals surface area contributed by atoms with Gasteiger partial charge in [0.05, 0.1) is 12.8 Å². The van der Waals surface area contributed by atoms with Crippen LogP contribution in [0.3, 0.4) is 0 Å². The summed E-state index contributed by atoms with van der Waals surface area (Å²) >= 11 is 6.10. The quantitative estimate of drug-likeness (QED) is 0.773. The zero-order valence-electron chi connectivity index (χ0n) is 12.8. The van der Waals surface area contributed by atoms with Gasteiger partial charge in [-0.3, -0.25) is 9.78 Å². The Hall–Kier alpha value is -2.59. The Morgan fingerprint density at radius 2 is 2.09 bits per heavy atom. The van der Waals surface area contributed by atoms with Crippen molar-refractivity contribution in [3.05, 3.63) is 64.9 Å². The van der Waals surface area contributed by atoms with Crippen LogP contribution in [-0.2, 0) is 0 Å². The molecule has 3 rings (SSSR count). The van der Waals surface area contributed by atoms with E-state index >= 15 is 0 Å². The Balaban J connectivity index is 2.00. The molecule has 3 aromatic rings. The highest BCUT2D eigenvalue weighted by Gasteiger charge is 2.14. The number of aromatic nitrogens is 1. The normalized spacial score (nSPS) is 10.6. The lowest BCUT2D eigenvalue weighted by Gasteiger charge is -2.13. The first-order valence-corrected chi connectivity index (χ1v) is 7.46. The van der Waals surface area contributed by atoms with Crippen molar-refractivity contribution < 1.29 is 9.53 Å². The van der Waals surface area contributed by atoms with Crippen LogP contribution in [0.4, 0.5) is 5.69 Å². The molecule has 1 amide bonds. The van der Waals surface area contributed by atoms with Crippen molar-refractivity contribution in [2.24, 2.45) is 0 Å². The minimum atomic E-state index is -0.207. The molecule has 0 aliphatic heterocycles. The molecule has 0 spiro atoms. The molecule has 1 heterocycles. The van der Waals surface area contributed by atoms with Gasteiger partial charge in [0.1, 0.15) is 5.75 Å². The van der Waals surface area contributed by atoms with Gasteiger partial charge in [0.25, 0.3) is 5.91 Å². The molecule has 0 unspecified atom stereocenters. The number of hydrogen-bond donors (Lipinski definition) is 1. The predicted molar refractivity (Wildman–Crippen MR) is 92.4 cm³/mol. The SMILES string of the molecule is COc1cc(Cl)c(C)cc1NC(=O)c1cccc2cnccc12. The fourth-order valence-electron chi connectivity index (χ4n) is 2.44. The summed E-state index contributed by atoms with van der Waals surface area (Å²) in [5, 5.41) is 5.26. The second kappa shape index (κ2) is 6.26. The number of aryl methyl sites for hydroxylation is 1. The number of carbonyl (C=O) groups excluding carboxylic acids is 1. The molecule has 0 aliphatic carbocycles. The summed E-state index contributed by atoms with van der Waals surface area (Å²) in [5.41, 5.74) is 2.04. The summed E-state index contributed by atoms with van der Waals surface area (Å²) in [4.78, 5) is 16.8. The first-order chi connectivity index (χ1) is 11.1. The number of hydrogen-bond acceptors (Lipinski definition) is 3. The monoisotopic (exact) mass is 326 g/mol. The van der Waals surface area contributed by atoms with Crippen LogP contribution in [0.1, 0.15) is 15.9 Å². The third kappa shape index (κ3) is 2.98. The Morgan fingerprint density at radius 3 is 2.87 bits per heavy atom. The van der Waals surface area contributed by atoms with Gasteiger partial charge in [0.2, 0.25) is 0 Å². The lowest BCUT2D eigenvalue weighted by molar-refractivity contribution is 0.102. The number of carbonyl (C=O) groups is 1. The first kappa shape index (κ1) is 15.3. The Labute approximate surface area is 139 Å². The number of fused-ring (bicyclic) bond motifs is 1. The molecule has 5 heteroatoms. The van der Waals surface area contributed by atoms with Gasteiger partial charge in [0.15, 0.2) is 0 Å². The molecule has 0 saturated carbocycles. The maximum Gasteiger partial charge on any atom is 0.256 e. The maximum absolute atomic E-state index is 12.7. The van der Waals surface area contributed by atoms with E-state index in [1.807, 2.05) is 25.1 Å². The highest BCUT2D eigenvalue weighted by Crippen LogP contribution is 2.31. The Bertz CT molecular complexity index is 888. The maximum atomic E-state index is 12.7. The standard InChI is InChI=1S/C18H15ClN2O2/c1-11-8-16(17(23-2)9-15(11)19)21-18(22)14-5-3-4-12-10-20-7-6-13(12)14/h3-10H,1-2H3,(H,21,22). The molecule has 0 fully saturated rings. The molecule has 4 nitrogen and oxygen atoms in total. The molecular weight excluding hydrogens is 312 g/mol. The lowest BCUT2D eigenvalue weighted by Crippen LogP contribution is -2.13. The zero-order chi connectivity index (χ0) is 16.4. The molecule has 0 radical (unpaired) electrons. The average Bonchev–Trinajstić information content (AvgIpc) is 2.57. The third-order valence-corrected chi connectivity index (χ3v) is 4.06. The van der Waals surface area contributed by atoms with Crippen LogP contribution in [0.25, 0.3) is 10.8 Å². The number of anilines is 1. The number of rotatable bonds is 3. The van der Waals surface area contributed by atoms with Gasteiger partial charge in [-0.05, 0) is 36.1 Å². The summed E-state index contributed by atoms with van der Waals surface area (Å²) in [7, 11) is 1.54. The van der Waals surface area contributed by atoms with Crippen LogP contribution in [-0.4, -0.2) is 18.0 Å². The summed E-state index contributed by atoms with van der Waals surface area (Å²) in [6.45, 7) is 1.88. The highest BCUT2D eigenvalue weighted by molar-refractivity contribution is 6.31. The summed E-state index contributed by atoms with van der Waals surface area (Å²) in [5.74, 6) is 0.317. The van der Waals surface area contributed by atoms with Crippen LogP contribution >= 0.6 is 11.6 Å². The van der Waals surface area contributed by atoms with E-state index < -0.39 is 0 Å². The minimum Gasteiger partial charge on any atom is -0.495 e. The first-order valence-electron chi connectivity index (χ1n) is 7.08. The van der Waals surface area contributed by atoms with Crippen molar-refractivity contribution in [3.8, 4) is 5.75 Å². The summed E-state index contributed by atoms with van der Waals surface area (Å²) in [6.07, 6.45) is 3.41. The second-order valence-electron chi connectivity index (χ2n) is 5.16. The minimum absolute atomic E-state index is 0.207. The number of nitrogens with zero attached hydrogens (tertiary/aromatic N) is 1. The van der Waals surface area contributed by atoms with Crippen LogP contribution in [0.2, 0.25) is 5.02 Å². The summed E-state index contributed by atoms with van der Waals surface area (Å²) in [6, 6.07) is 10.9. The number of halogens is 1. The van der Waals surface area contributed by atoms with Crippen molar-refractivity contribution in [2.75, 3.05) is 12.4 Å². The zero-order valence-corrected chi connectivity index (χ0v) is 13.5. The van der Waals surface area contributed by atoms with Crippen molar-refractivity contribution in [3.63, 3.8) is 0 Å². The van der Waals surface area contributed by atoms with E-state index in [1.165, 1.54) is 0 Å². The molecule has 2 aromatic carbocycles. The van der Waals surface area contributed by atoms with Gasteiger partial charge in [-0.25, -0.2) is 0 Å². The average molecular weight is 327 g/mol. The third-order valence-electron chi connectivity index (χ3n) is 3.65. The molecule has 1 N–H and O–H groups in total. The number of amides is 1. The fourth-order valence-corrected chi connectivity index (χ4v) is 2.59. The molecule has 0 atom stereocenters. The van der Waals surface area contributed by atoms with E-state index in [1.54, 1.807) is 37.7 Å². The van der Waals surface area contributed by atoms with Gasteiger partial charge in [-0.1, -0.05) is 23.7 Å². The van der Waals surface area contributed by atoms with Gasteiger partial charge in [-0.2, -0.15) is 0 Å². The number of methoxy groups -OCH3 is 1. The van der Waals surface area contributed by atoms with Crippen LogP contribution < -0.4 is 10.1 Å². The van der Waals surface area contributed by atoms with Crippen LogP contribution in [0.5, 0.6) is 5.75 Å². The largest absolute Gasteiger partial charge is 0.495 e. The smallest absolute Gasteiger partial charge is 0.256 e. The van der Waals surface area contributed by atoms with Gasteiger partial charge in [-0.15, -0.1) is 0 Å². The second-order valence-corrected chi connectivity index (χ2v) is 5.57. The van der Waals surface area contributed by atoms with Gasteiger partial charge >= 0.3 is 0 Å². The van der Waals surface area contributed by atoms with E-state index in [0.29, 0.717) is 22.0 Å². The van der Waals surface area contributed by atoms with Crippen LogP contribution in [0, 0.1) is 6.92 Å². The number of pyridine rings is 1. The van der Waals surface area contributed by atoms with E-state index in [2.05, 4.69) is 10.3 Å². The van der Waals surface area contributed by atoms with Crippen molar-refractivity contribution in [1.29, 1.82) is 0 Å². The molecular formula is C18H15ClN2O2. The van der Waals surface area contributed by atoms with Crippen molar-refractivity contribution >= 4 is 34.0 Å². The molecule has 0 aliphatic rings. The van der Waals surface area contributed by atoms with Crippen LogP contribution in [0.15, 0.2) is 48.8 Å². The van der Waals surface area contributed by atoms with E-state index in [9.17, 15) is 4.79 Å². The highest BCUT2D eigenvalue weighted by atomic mass is 35.5. The van der Waals surface area contributed by atoms with Crippen molar-refractivity contribution in [2.45, 2.75) is 6.92 Å². The molecule has 23 heavy (non-hydrogen) atoms. The molecule has 0 saturated heterocycles. The van der Waals surface area contributed by atoms with E-state index in [-0.39, 0.29) is 5.91 Å². The number of benzene rings is 2. The fraction of sp³-hybridized carbons (Fsp3) is 0.111. The van der Waals surface area contributed by atoms with E-state index in [0.717, 1.165) is 16.3 Å². The molecule has 116 valence electrons. The van der Waals surface area contributed by atoms with Gasteiger partial charge < -0.3 is 10.1 Å². The van der Waals surface area contributed by atoms with Crippen molar-refractivity contribution in [1.82, 2.24) is 4.98 Å². The number of nitrogens with one attached hydrogen (secondary N) is 1. The predicted octanol–water partition coefficient (Wildman–Crippen LogP) is 4.46.